The van der Waals surface area contributed by atoms with E-state index in [1.807, 2.05) is 11.8 Å². The molecule has 1 amide bonds. The summed E-state index contributed by atoms with van der Waals surface area (Å²) in [6.07, 6.45) is 3.43. The second kappa shape index (κ2) is 4.45. The van der Waals surface area contributed by atoms with Crippen LogP contribution in [0.1, 0.15) is 32.6 Å². The monoisotopic (exact) mass is 171 g/mol. The highest BCUT2D eigenvalue weighted by Crippen LogP contribution is 2.27. The Labute approximate surface area is 73.4 Å². The van der Waals surface area contributed by atoms with E-state index in [4.69, 9.17) is 5.11 Å². The molecule has 12 heavy (non-hydrogen) atoms. The molecule has 0 aromatic carbocycles. The van der Waals surface area contributed by atoms with Crippen molar-refractivity contribution in [3.8, 4) is 0 Å². The van der Waals surface area contributed by atoms with Crippen molar-refractivity contribution in [2.24, 2.45) is 0 Å². The summed E-state index contributed by atoms with van der Waals surface area (Å²) >= 11 is 0. The van der Waals surface area contributed by atoms with Crippen LogP contribution in [0.4, 0.5) is 0 Å². The quantitative estimate of drug-likeness (QED) is 0.663. The second-order valence-electron chi connectivity index (χ2n) is 3.24. The number of nitrogens with zero attached hydrogens (tertiary/aromatic N) is 1. The van der Waals surface area contributed by atoms with Crippen molar-refractivity contribution in [2.45, 2.75) is 38.6 Å². The molecule has 0 heterocycles. The van der Waals surface area contributed by atoms with E-state index >= 15 is 0 Å². The van der Waals surface area contributed by atoms with Crippen LogP contribution in [-0.4, -0.2) is 35.1 Å². The first-order valence-electron chi connectivity index (χ1n) is 4.70. The van der Waals surface area contributed by atoms with Gasteiger partial charge in [-0.3, -0.25) is 4.79 Å². The van der Waals surface area contributed by atoms with Crippen molar-refractivity contribution in [3.63, 3.8) is 0 Å². The van der Waals surface area contributed by atoms with Gasteiger partial charge < -0.3 is 10.0 Å². The molecule has 1 aliphatic rings. The lowest BCUT2D eigenvalue weighted by atomic mass is 10.3. The predicted octanol–water partition coefficient (Wildman–Crippen LogP) is 0.770. The molecule has 3 heteroatoms. The van der Waals surface area contributed by atoms with Crippen molar-refractivity contribution in [3.05, 3.63) is 0 Å². The van der Waals surface area contributed by atoms with Gasteiger partial charge in [-0.25, -0.2) is 0 Å². The first kappa shape index (κ1) is 9.52. The second-order valence-corrected chi connectivity index (χ2v) is 3.24. The molecule has 1 saturated carbocycles. The summed E-state index contributed by atoms with van der Waals surface area (Å²) in [5, 5.41) is 8.55. The molecule has 0 unspecified atom stereocenters. The van der Waals surface area contributed by atoms with Gasteiger partial charge in [-0.05, 0) is 26.2 Å². The van der Waals surface area contributed by atoms with Gasteiger partial charge in [0.1, 0.15) is 0 Å². The molecule has 70 valence electrons. The summed E-state index contributed by atoms with van der Waals surface area (Å²) in [5.41, 5.74) is 0. The maximum Gasteiger partial charge on any atom is 0.222 e. The summed E-state index contributed by atoms with van der Waals surface area (Å²) in [5.74, 6) is 0.203. The molecule has 0 saturated heterocycles. The Balaban J connectivity index is 2.26. The first-order chi connectivity index (χ1) is 5.79. The highest BCUT2D eigenvalue weighted by atomic mass is 16.3. The number of carbonyl (C=O) groups is 1. The van der Waals surface area contributed by atoms with Crippen LogP contribution in [0.15, 0.2) is 0 Å². The SMILES string of the molecule is CCN(C(=O)CCCO)C1CC1. The minimum absolute atomic E-state index is 0.119. The molecule has 0 atom stereocenters. The third-order valence-electron chi connectivity index (χ3n) is 2.20. The molecule has 0 aromatic rings. The Kier molecular flexibility index (Phi) is 3.53. The van der Waals surface area contributed by atoms with E-state index in [0.29, 0.717) is 18.9 Å². The Bertz CT molecular complexity index is 155. The fraction of sp³-hybridized carbons (Fsp3) is 0.889. The fourth-order valence-corrected chi connectivity index (χ4v) is 1.40. The number of aliphatic hydroxyl groups is 1. The molecule has 0 aliphatic heterocycles. The van der Waals surface area contributed by atoms with Gasteiger partial charge in [0, 0.05) is 25.6 Å². The van der Waals surface area contributed by atoms with E-state index in [1.165, 1.54) is 12.8 Å². The van der Waals surface area contributed by atoms with Crippen molar-refractivity contribution in [2.75, 3.05) is 13.2 Å². The molecule has 1 N–H and O–H groups in total. The topological polar surface area (TPSA) is 40.5 Å². The maximum atomic E-state index is 11.4. The van der Waals surface area contributed by atoms with Gasteiger partial charge >= 0.3 is 0 Å². The van der Waals surface area contributed by atoms with E-state index in [2.05, 4.69) is 0 Å². The van der Waals surface area contributed by atoms with Gasteiger partial charge in [0.15, 0.2) is 0 Å². The Hall–Kier alpha value is -0.570. The summed E-state index contributed by atoms with van der Waals surface area (Å²) in [6.45, 7) is 2.94. The average molecular weight is 171 g/mol. The van der Waals surface area contributed by atoms with E-state index in [0.717, 1.165) is 6.54 Å². The summed E-state index contributed by atoms with van der Waals surface area (Å²) < 4.78 is 0. The van der Waals surface area contributed by atoms with Gasteiger partial charge in [-0.1, -0.05) is 0 Å². The number of amides is 1. The van der Waals surface area contributed by atoms with Crippen LogP contribution in [-0.2, 0) is 4.79 Å². The Morgan fingerprint density at radius 1 is 1.58 bits per heavy atom. The number of rotatable bonds is 5. The largest absolute Gasteiger partial charge is 0.396 e. The molecular weight excluding hydrogens is 154 g/mol. The number of hydrogen-bond acceptors (Lipinski definition) is 2. The van der Waals surface area contributed by atoms with Crippen molar-refractivity contribution in [1.82, 2.24) is 4.90 Å². The first-order valence-corrected chi connectivity index (χ1v) is 4.70. The Morgan fingerprint density at radius 2 is 2.25 bits per heavy atom. The van der Waals surface area contributed by atoms with Crippen LogP contribution in [0.3, 0.4) is 0 Å². The Morgan fingerprint density at radius 3 is 2.67 bits per heavy atom. The van der Waals surface area contributed by atoms with E-state index in [-0.39, 0.29) is 12.5 Å². The third-order valence-corrected chi connectivity index (χ3v) is 2.20. The number of hydrogen-bond donors (Lipinski definition) is 1. The van der Waals surface area contributed by atoms with Gasteiger partial charge in [-0.2, -0.15) is 0 Å². The standard InChI is InChI=1S/C9H17NO2/c1-2-10(8-5-6-8)9(12)4-3-7-11/h8,11H,2-7H2,1H3. The van der Waals surface area contributed by atoms with Crippen molar-refractivity contribution < 1.29 is 9.90 Å². The lowest BCUT2D eigenvalue weighted by Crippen LogP contribution is -2.32. The highest BCUT2D eigenvalue weighted by molar-refractivity contribution is 5.76. The normalized spacial score (nSPS) is 16.2. The summed E-state index contributed by atoms with van der Waals surface area (Å²) in [4.78, 5) is 13.4. The van der Waals surface area contributed by atoms with Gasteiger partial charge in [0.25, 0.3) is 0 Å². The highest BCUT2D eigenvalue weighted by Gasteiger charge is 2.30. The van der Waals surface area contributed by atoms with Crippen LogP contribution < -0.4 is 0 Å². The van der Waals surface area contributed by atoms with Crippen LogP contribution >= 0.6 is 0 Å². The zero-order valence-electron chi connectivity index (χ0n) is 7.62. The zero-order chi connectivity index (χ0) is 8.97. The van der Waals surface area contributed by atoms with Gasteiger partial charge in [0.05, 0.1) is 0 Å². The summed E-state index contributed by atoms with van der Waals surface area (Å²) in [6, 6.07) is 0.515. The number of aliphatic hydroxyl groups excluding tert-OH is 1. The van der Waals surface area contributed by atoms with Crippen molar-refractivity contribution in [1.29, 1.82) is 0 Å². The van der Waals surface area contributed by atoms with E-state index < -0.39 is 0 Å². The predicted molar refractivity (Wildman–Crippen MR) is 46.7 cm³/mol. The zero-order valence-corrected chi connectivity index (χ0v) is 7.62. The molecule has 1 aliphatic carbocycles. The van der Waals surface area contributed by atoms with Crippen LogP contribution in [0.25, 0.3) is 0 Å². The number of carbonyl (C=O) groups excluding carboxylic acids is 1. The fourth-order valence-electron chi connectivity index (χ4n) is 1.40. The van der Waals surface area contributed by atoms with Gasteiger partial charge in [-0.15, -0.1) is 0 Å². The van der Waals surface area contributed by atoms with E-state index in [1.54, 1.807) is 0 Å². The molecule has 0 bridgehead atoms. The molecule has 1 rings (SSSR count). The molecule has 1 fully saturated rings. The van der Waals surface area contributed by atoms with Crippen LogP contribution in [0.5, 0.6) is 0 Å². The summed E-state index contributed by atoms with van der Waals surface area (Å²) in [7, 11) is 0. The van der Waals surface area contributed by atoms with Gasteiger partial charge in [0.2, 0.25) is 5.91 Å². The van der Waals surface area contributed by atoms with Crippen LogP contribution in [0, 0.1) is 0 Å². The lowest BCUT2D eigenvalue weighted by Gasteiger charge is -2.19. The van der Waals surface area contributed by atoms with E-state index in [9.17, 15) is 4.79 Å². The molecular formula is C9H17NO2. The maximum absolute atomic E-state index is 11.4. The smallest absolute Gasteiger partial charge is 0.222 e. The molecule has 3 nitrogen and oxygen atoms in total. The van der Waals surface area contributed by atoms with Crippen molar-refractivity contribution >= 4 is 5.91 Å². The minimum atomic E-state index is 0.119. The minimum Gasteiger partial charge on any atom is -0.396 e. The molecule has 0 radical (unpaired) electrons. The van der Waals surface area contributed by atoms with Crippen LogP contribution in [0.2, 0.25) is 0 Å². The lowest BCUT2D eigenvalue weighted by molar-refractivity contribution is -0.131. The third kappa shape index (κ3) is 2.48. The molecule has 0 spiro atoms. The molecule has 0 aromatic heterocycles. The average Bonchev–Trinajstić information content (AvgIpc) is 2.86.